The van der Waals surface area contributed by atoms with Crippen LogP contribution in [0.15, 0.2) is 35.5 Å². The molecular formula is C10H14N2O2. The average Bonchev–Trinajstić information content (AvgIpc) is 2.25. The zero-order valence-corrected chi connectivity index (χ0v) is 7.84. The Bertz CT molecular complexity index is 275. The van der Waals surface area contributed by atoms with Crippen molar-refractivity contribution >= 4 is 6.21 Å². The largest absolute Gasteiger partial charge is 0.393 e. The first-order chi connectivity index (χ1) is 6.83. The Kier molecular flexibility index (Phi) is 4.68. The predicted octanol–water partition coefficient (Wildman–Crippen LogP) is 0.357. The lowest BCUT2D eigenvalue weighted by Crippen LogP contribution is -2.24. The van der Waals surface area contributed by atoms with Gasteiger partial charge in [-0.25, -0.2) is 0 Å². The fraction of sp³-hybridized carbons (Fsp3) is 0.300. The maximum absolute atomic E-state index is 9.03. The van der Waals surface area contributed by atoms with Crippen molar-refractivity contribution in [3.63, 3.8) is 0 Å². The normalized spacial score (nSPS) is 13.0. The van der Waals surface area contributed by atoms with Crippen molar-refractivity contribution < 1.29 is 9.94 Å². The van der Waals surface area contributed by atoms with Crippen molar-refractivity contribution in [2.45, 2.75) is 6.10 Å². The van der Waals surface area contributed by atoms with Gasteiger partial charge in [0.05, 0.1) is 6.21 Å². The lowest BCUT2D eigenvalue weighted by molar-refractivity contribution is 0.0456. The summed E-state index contributed by atoms with van der Waals surface area (Å²) in [6.07, 6.45) is 0.936. The van der Waals surface area contributed by atoms with Gasteiger partial charge in [0.2, 0.25) is 0 Å². The maximum atomic E-state index is 9.03. The molecule has 0 heterocycles. The molecule has 0 saturated heterocycles. The van der Waals surface area contributed by atoms with E-state index in [1.807, 2.05) is 30.3 Å². The number of hydrogen-bond acceptors (Lipinski definition) is 4. The maximum Gasteiger partial charge on any atom is 0.144 e. The second kappa shape index (κ2) is 6.12. The highest BCUT2D eigenvalue weighted by atomic mass is 16.6. The Morgan fingerprint density at radius 3 is 2.79 bits per heavy atom. The molecular weight excluding hydrogens is 180 g/mol. The molecule has 0 fully saturated rings. The molecule has 1 rings (SSSR count). The minimum absolute atomic E-state index is 0.125. The van der Waals surface area contributed by atoms with E-state index in [1.165, 1.54) is 0 Å². The van der Waals surface area contributed by atoms with E-state index < -0.39 is 6.10 Å². The van der Waals surface area contributed by atoms with Gasteiger partial charge in [0, 0.05) is 6.54 Å². The number of nitrogens with zero attached hydrogens (tertiary/aromatic N) is 1. The topological polar surface area (TPSA) is 67.8 Å². The highest BCUT2D eigenvalue weighted by molar-refractivity contribution is 5.78. The molecule has 1 unspecified atom stereocenters. The van der Waals surface area contributed by atoms with Gasteiger partial charge in [-0.3, -0.25) is 0 Å². The molecule has 4 nitrogen and oxygen atoms in total. The third kappa shape index (κ3) is 4.02. The minimum Gasteiger partial charge on any atom is -0.393 e. The molecule has 0 spiro atoms. The van der Waals surface area contributed by atoms with Gasteiger partial charge in [-0.2, -0.15) is 0 Å². The van der Waals surface area contributed by atoms with Gasteiger partial charge in [-0.1, -0.05) is 35.5 Å². The number of benzene rings is 1. The number of nitrogens with two attached hydrogens (primary N) is 1. The van der Waals surface area contributed by atoms with Crippen LogP contribution in [0.25, 0.3) is 0 Å². The smallest absolute Gasteiger partial charge is 0.144 e. The third-order valence-electron chi connectivity index (χ3n) is 1.61. The number of oxime groups is 1. The summed E-state index contributed by atoms with van der Waals surface area (Å²) in [5.74, 6) is 0. The van der Waals surface area contributed by atoms with Crippen LogP contribution in [0.1, 0.15) is 5.56 Å². The van der Waals surface area contributed by atoms with Crippen LogP contribution >= 0.6 is 0 Å². The molecule has 0 aliphatic heterocycles. The van der Waals surface area contributed by atoms with Crippen LogP contribution in [0, 0.1) is 0 Å². The Labute approximate surface area is 83.0 Å². The van der Waals surface area contributed by atoms with Crippen LogP contribution in [0.4, 0.5) is 0 Å². The molecule has 1 aromatic rings. The Hall–Kier alpha value is -1.39. The summed E-state index contributed by atoms with van der Waals surface area (Å²) in [5, 5.41) is 12.7. The highest BCUT2D eigenvalue weighted by Gasteiger charge is 1.98. The lowest BCUT2D eigenvalue weighted by Gasteiger charge is -2.04. The van der Waals surface area contributed by atoms with Gasteiger partial charge < -0.3 is 15.7 Å². The summed E-state index contributed by atoms with van der Waals surface area (Å²) in [5.41, 5.74) is 6.14. The first-order valence-electron chi connectivity index (χ1n) is 4.41. The summed E-state index contributed by atoms with van der Waals surface area (Å²) >= 11 is 0. The summed E-state index contributed by atoms with van der Waals surface area (Å²) < 4.78 is 0. The van der Waals surface area contributed by atoms with Crippen LogP contribution in [0.2, 0.25) is 0 Å². The van der Waals surface area contributed by atoms with Gasteiger partial charge in [-0.15, -0.1) is 0 Å². The van der Waals surface area contributed by atoms with Gasteiger partial charge in [-0.05, 0) is 5.56 Å². The molecule has 0 aliphatic rings. The standard InChI is InChI=1S/C10H14N2O2/c11-6-10(13)8-14-12-7-9-4-2-1-3-5-9/h1-5,7,10,13H,6,8,11H2. The van der Waals surface area contributed by atoms with E-state index >= 15 is 0 Å². The molecule has 1 aromatic carbocycles. The molecule has 1 atom stereocenters. The molecule has 76 valence electrons. The van der Waals surface area contributed by atoms with Gasteiger partial charge in [0.15, 0.2) is 0 Å². The average molecular weight is 194 g/mol. The Balaban J connectivity index is 2.28. The number of aliphatic hydroxyl groups excluding tert-OH is 1. The van der Waals surface area contributed by atoms with Crippen molar-refractivity contribution in [2.24, 2.45) is 10.9 Å². The molecule has 0 radical (unpaired) electrons. The number of aliphatic hydroxyl groups is 1. The van der Waals surface area contributed by atoms with Gasteiger partial charge in [0.25, 0.3) is 0 Å². The van der Waals surface area contributed by atoms with E-state index in [4.69, 9.17) is 15.7 Å². The van der Waals surface area contributed by atoms with Crippen LogP contribution in [0.3, 0.4) is 0 Å². The van der Waals surface area contributed by atoms with E-state index in [9.17, 15) is 0 Å². The van der Waals surface area contributed by atoms with E-state index in [0.717, 1.165) is 5.56 Å². The zero-order valence-electron chi connectivity index (χ0n) is 7.84. The number of hydrogen-bond donors (Lipinski definition) is 2. The summed E-state index contributed by atoms with van der Waals surface area (Å²) in [7, 11) is 0. The van der Waals surface area contributed by atoms with E-state index in [-0.39, 0.29) is 13.2 Å². The highest BCUT2D eigenvalue weighted by Crippen LogP contribution is 1.94. The van der Waals surface area contributed by atoms with Gasteiger partial charge in [0.1, 0.15) is 12.7 Å². The predicted molar refractivity (Wildman–Crippen MR) is 55.0 cm³/mol. The van der Waals surface area contributed by atoms with Crippen molar-refractivity contribution in [3.05, 3.63) is 35.9 Å². The molecule has 0 bridgehead atoms. The molecule has 0 aromatic heterocycles. The summed E-state index contributed by atoms with van der Waals surface area (Å²) in [6.45, 7) is 0.306. The Morgan fingerprint density at radius 1 is 1.43 bits per heavy atom. The van der Waals surface area contributed by atoms with Crippen LogP contribution in [-0.2, 0) is 4.84 Å². The molecule has 4 heteroatoms. The summed E-state index contributed by atoms with van der Waals surface area (Å²) in [4.78, 5) is 4.83. The van der Waals surface area contributed by atoms with Crippen molar-refractivity contribution in [3.8, 4) is 0 Å². The monoisotopic (exact) mass is 194 g/mol. The molecule has 0 aliphatic carbocycles. The fourth-order valence-electron chi connectivity index (χ4n) is 0.834. The quantitative estimate of drug-likeness (QED) is 0.525. The van der Waals surface area contributed by atoms with E-state index in [0.29, 0.717) is 0 Å². The molecule has 0 amide bonds. The first-order valence-corrected chi connectivity index (χ1v) is 4.41. The Morgan fingerprint density at radius 2 is 2.14 bits per heavy atom. The second-order valence-electron chi connectivity index (χ2n) is 2.83. The van der Waals surface area contributed by atoms with Crippen LogP contribution < -0.4 is 5.73 Å². The van der Waals surface area contributed by atoms with Crippen LogP contribution in [-0.4, -0.2) is 30.6 Å². The van der Waals surface area contributed by atoms with Crippen molar-refractivity contribution in [1.29, 1.82) is 0 Å². The third-order valence-corrected chi connectivity index (χ3v) is 1.61. The first kappa shape index (κ1) is 10.7. The lowest BCUT2D eigenvalue weighted by atomic mass is 10.2. The number of rotatable bonds is 5. The second-order valence-corrected chi connectivity index (χ2v) is 2.83. The zero-order chi connectivity index (χ0) is 10.2. The van der Waals surface area contributed by atoms with Gasteiger partial charge >= 0.3 is 0 Å². The molecule has 3 N–H and O–H groups in total. The summed E-state index contributed by atoms with van der Waals surface area (Å²) in [6, 6.07) is 9.57. The van der Waals surface area contributed by atoms with Crippen molar-refractivity contribution in [2.75, 3.05) is 13.2 Å². The van der Waals surface area contributed by atoms with E-state index in [1.54, 1.807) is 6.21 Å². The van der Waals surface area contributed by atoms with Crippen molar-refractivity contribution in [1.82, 2.24) is 0 Å². The molecule has 14 heavy (non-hydrogen) atoms. The van der Waals surface area contributed by atoms with E-state index in [2.05, 4.69) is 5.16 Å². The SMILES string of the molecule is NCC(O)CON=Cc1ccccc1. The van der Waals surface area contributed by atoms with Crippen LogP contribution in [0.5, 0.6) is 0 Å². The minimum atomic E-state index is -0.650. The fourth-order valence-corrected chi connectivity index (χ4v) is 0.834. The molecule has 0 saturated carbocycles.